The van der Waals surface area contributed by atoms with Crippen LogP contribution in [0.1, 0.15) is 19.3 Å². The maximum absolute atomic E-state index is 11.8. The van der Waals surface area contributed by atoms with Gasteiger partial charge in [-0.25, -0.2) is 0 Å². The van der Waals surface area contributed by atoms with E-state index in [0.717, 1.165) is 38.9 Å². The summed E-state index contributed by atoms with van der Waals surface area (Å²) >= 11 is 0. The number of nitrogens with one attached hydrogen (secondary N) is 2. The first-order valence-electron chi connectivity index (χ1n) is 7.39. The van der Waals surface area contributed by atoms with Gasteiger partial charge in [-0.1, -0.05) is 18.2 Å². The van der Waals surface area contributed by atoms with Gasteiger partial charge in [-0.3, -0.25) is 4.79 Å². The summed E-state index contributed by atoms with van der Waals surface area (Å²) in [4.78, 5) is 11.8. The first kappa shape index (κ1) is 15.9. The summed E-state index contributed by atoms with van der Waals surface area (Å²) in [5.41, 5.74) is 1.26. The Morgan fingerprint density at radius 1 is 1.33 bits per heavy atom. The fourth-order valence-corrected chi connectivity index (χ4v) is 2.83. The lowest BCUT2D eigenvalue weighted by atomic mass is 10.2. The second-order valence-electron chi connectivity index (χ2n) is 5.36. The van der Waals surface area contributed by atoms with Crippen LogP contribution in [-0.2, 0) is 11.3 Å². The van der Waals surface area contributed by atoms with Crippen LogP contribution in [0, 0.1) is 0 Å². The quantitative estimate of drug-likeness (QED) is 0.833. The molecule has 1 unspecified atom stereocenters. The molecule has 5 heteroatoms. The van der Waals surface area contributed by atoms with Gasteiger partial charge in [-0.2, -0.15) is 0 Å². The lowest BCUT2D eigenvalue weighted by molar-refractivity contribution is -0.122. The molecule has 3 rings (SSSR count). The molecule has 1 atom stereocenters. The summed E-state index contributed by atoms with van der Waals surface area (Å²) in [5, 5.41) is 7.51. The molecule has 4 nitrogen and oxygen atoms in total. The molecule has 1 aliphatic rings. The molecule has 1 amide bonds. The number of nitrogens with zero attached hydrogens (tertiary/aromatic N) is 1. The number of hydrogen-bond donors (Lipinski definition) is 2. The van der Waals surface area contributed by atoms with Crippen LogP contribution in [0.15, 0.2) is 36.5 Å². The zero-order valence-corrected chi connectivity index (χ0v) is 12.9. The molecular formula is C16H22ClN3O. The van der Waals surface area contributed by atoms with Gasteiger partial charge in [0, 0.05) is 24.8 Å². The molecule has 2 N–H and O–H groups in total. The summed E-state index contributed by atoms with van der Waals surface area (Å²) in [7, 11) is 0. The summed E-state index contributed by atoms with van der Waals surface area (Å²) in [6.45, 7) is 2.64. The molecular weight excluding hydrogens is 286 g/mol. The smallest absolute Gasteiger partial charge is 0.237 e. The predicted octanol–water partition coefficient (Wildman–Crippen LogP) is 2.32. The van der Waals surface area contributed by atoms with Crippen molar-refractivity contribution in [3.8, 4) is 0 Å². The van der Waals surface area contributed by atoms with Crippen LogP contribution < -0.4 is 10.6 Å². The lowest BCUT2D eigenvalue weighted by Crippen LogP contribution is -2.40. The second-order valence-corrected chi connectivity index (χ2v) is 5.36. The van der Waals surface area contributed by atoms with Crippen molar-refractivity contribution in [3.63, 3.8) is 0 Å². The van der Waals surface area contributed by atoms with Gasteiger partial charge >= 0.3 is 0 Å². The minimum atomic E-state index is 0. The minimum absolute atomic E-state index is 0. The van der Waals surface area contributed by atoms with Gasteiger partial charge in [0.05, 0.1) is 6.04 Å². The Balaban J connectivity index is 0.00000161. The van der Waals surface area contributed by atoms with Crippen molar-refractivity contribution < 1.29 is 4.79 Å². The fourth-order valence-electron chi connectivity index (χ4n) is 2.83. The van der Waals surface area contributed by atoms with E-state index in [4.69, 9.17) is 0 Å². The van der Waals surface area contributed by atoms with Crippen LogP contribution in [0.3, 0.4) is 0 Å². The van der Waals surface area contributed by atoms with E-state index in [0.29, 0.717) is 0 Å². The molecule has 0 spiro atoms. The van der Waals surface area contributed by atoms with Crippen molar-refractivity contribution in [1.29, 1.82) is 0 Å². The van der Waals surface area contributed by atoms with Gasteiger partial charge in [0.25, 0.3) is 0 Å². The summed E-state index contributed by atoms with van der Waals surface area (Å²) in [6.07, 6.45) is 5.14. The Bertz CT molecular complexity index is 590. The van der Waals surface area contributed by atoms with Gasteiger partial charge in [0.2, 0.25) is 5.91 Å². The molecule has 1 aliphatic heterocycles. The van der Waals surface area contributed by atoms with Crippen molar-refractivity contribution in [3.05, 3.63) is 36.5 Å². The Labute approximate surface area is 131 Å². The molecule has 1 aromatic heterocycles. The van der Waals surface area contributed by atoms with Crippen molar-refractivity contribution in [2.45, 2.75) is 31.8 Å². The Hall–Kier alpha value is -1.52. The molecule has 2 heterocycles. The van der Waals surface area contributed by atoms with Gasteiger partial charge < -0.3 is 15.2 Å². The van der Waals surface area contributed by atoms with Crippen LogP contribution in [-0.4, -0.2) is 29.6 Å². The van der Waals surface area contributed by atoms with Crippen LogP contribution in [0.25, 0.3) is 10.9 Å². The van der Waals surface area contributed by atoms with Gasteiger partial charge in [0.15, 0.2) is 0 Å². The number of fused-ring (bicyclic) bond motifs is 1. The molecule has 1 saturated heterocycles. The number of carbonyl (C=O) groups excluding carboxylic acids is 1. The van der Waals surface area contributed by atoms with Crippen molar-refractivity contribution in [2.24, 2.45) is 0 Å². The van der Waals surface area contributed by atoms with E-state index in [1.165, 1.54) is 10.9 Å². The fraction of sp³-hybridized carbons (Fsp3) is 0.438. The monoisotopic (exact) mass is 307 g/mol. The highest BCUT2D eigenvalue weighted by atomic mass is 35.5. The molecule has 0 bridgehead atoms. The standard InChI is InChI=1S/C16H21N3O.ClH/c20-16(14-6-3-9-17-14)18-10-4-11-19-12-8-13-5-1-2-7-15(13)19;/h1-2,5,7-8,12,14,17H,3-4,6,9-11H2,(H,18,20);1H. The predicted molar refractivity (Wildman–Crippen MR) is 87.8 cm³/mol. The van der Waals surface area contributed by atoms with Crippen molar-refractivity contribution >= 4 is 29.2 Å². The van der Waals surface area contributed by atoms with E-state index in [1.54, 1.807) is 0 Å². The number of benzene rings is 1. The third-order valence-corrected chi connectivity index (χ3v) is 3.93. The van der Waals surface area contributed by atoms with Crippen molar-refractivity contribution in [2.75, 3.05) is 13.1 Å². The molecule has 0 saturated carbocycles. The largest absolute Gasteiger partial charge is 0.355 e. The Morgan fingerprint density at radius 3 is 3.00 bits per heavy atom. The molecule has 21 heavy (non-hydrogen) atoms. The maximum Gasteiger partial charge on any atom is 0.237 e. The van der Waals surface area contributed by atoms with E-state index in [-0.39, 0.29) is 24.4 Å². The molecule has 0 aliphatic carbocycles. The van der Waals surface area contributed by atoms with E-state index < -0.39 is 0 Å². The zero-order valence-electron chi connectivity index (χ0n) is 12.0. The Kier molecular flexibility index (Phi) is 5.65. The molecule has 114 valence electrons. The Morgan fingerprint density at radius 2 is 2.19 bits per heavy atom. The molecule has 1 fully saturated rings. The highest BCUT2D eigenvalue weighted by Gasteiger charge is 2.20. The number of hydrogen-bond acceptors (Lipinski definition) is 2. The number of amides is 1. The molecule has 1 aromatic carbocycles. The summed E-state index contributed by atoms with van der Waals surface area (Å²) in [5.74, 6) is 0.153. The average molecular weight is 308 g/mol. The SMILES string of the molecule is Cl.O=C(NCCCn1ccc2ccccc21)C1CCCN1. The highest BCUT2D eigenvalue weighted by molar-refractivity contribution is 5.85. The lowest BCUT2D eigenvalue weighted by Gasteiger charge is -2.11. The molecule has 2 aromatic rings. The molecule has 0 radical (unpaired) electrons. The third-order valence-electron chi connectivity index (χ3n) is 3.93. The number of rotatable bonds is 5. The van der Waals surface area contributed by atoms with E-state index in [9.17, 15) is 4.79 Å². The van der Waals surface area contributed by atoms with Gasteiger partial charge in [-0.15, -0.1) is 12.4 Å². The van der Waals surface area contributed by atoms with Crippen LogP contribution in [0.4, 0.5) is 0 Å². The van der Waals surface area contributed by atoms with Gasteiger partial charge in [-0.05, 0) is 43.3 Å². The first-order valence-corrected chi connectivity index (χ1v) is 7.39. The zero-order chi connectivity index (χ0) is 13.8. The van der Waals surface area contributed by atoms with E-state index >= 15 is 0 Å². The number of aromatic nitrogens is 1. The summed E-state index contributed by atoms with van der Waals surface area (Å²) in [6, 6.07) is 10.5. The van der Waals surface area contributed by atoms with Crippen LogP contribution in [0.5, 0.6) is 0 Å². The second kappa shape index (κ2) is 7.48. The number of halogens is 1. The average Bonchev–Trinajstić information content (AvgIpc) is 3.13. The van der Waals surface area contributed by atoms with Crippen molar-refractivity contribution in [1.82, 2.24) is 15.2 Å². The maximum atomic E-state index is 11.8. The van der Waals surface area contributed by atoms with Gasteiger partial charge in [0.1, 0.15) is 0 Å². The third kappa shape index (κ3) is 3.77. The summed E-state index contributed by atoms with van der Waals surface area (Å²) < 4.78 is 2.25. The highest BCUT2D eigenvalue weighted by Crippen LogP contribution is 2.15. The minimum Gasteiger partial charge on any atom is -0.355 e. The topological polar surface area (TPSA) is 46.1 Å². The van der Waals surface area contributed by atoms with Crippen LogP contribution in [0.2, 0.25) is 0 Å². The normalized spacial score (nSPS) is 17.6. The van der Waals surface area contributed by atoms with Crippen LogP contribution >= 0.6 is 12.4 Å². The number of para-hydroxylation sites is 1. The number of carbonyl (C=O) groups is 1. The van der Waals surface area contributed by atoms with E-state index in [2.05, 4.69) is 51.7 Å². The first-order chi connectivity index (χ1) is 9.84. The van der Waals surface area contributed by atoms with E-state index in [1.807, 2.05) is 0 Å². The number of aryl methyl sites for hydroxylation is 1.